The van der Waals surface area contributed by atoms with Crippen molar-refractivity contribution in [2.24, 2.45) is 17.6 Å². The summed E-state index contributed by atoms with van der Waals surface area (Å²) in [6, 6.07) is 10.9. The second kappa shape index (κ2) is 11.4. The van der Waals surface area contributed by atoms with Gasteiger partial charge in [0.25, 0.3) is 11.8 Å². The molecule has 236 valence electrons. The number of piperidine rings is 3. The number of likely N-dealkylation sites (N-methyl/N-ethyl adjacent to an activating group) is 1. The highest BCUT2D eigenvalue weighted by atomic mass is 19.1. The second-order valence-corrected chi connectivity index (χ2v) is 12.5. The lowest BCUT2D eigenvalue weighted by Gasteiger charge is -2.56. The van der Waals surface area contributed by atoms with Crippen LogP contribution in [0.1, 0.15) is 36.5 Å². The SMILES string of the molecule is C=C[C@H]1C[N+]2(C)CC[C@H]1C[C@H]2[C@H](O)c1ccnc2ccc(OC)cc12.NC(=O)C1CC2(NC(=O)NC2=O)c2cc(F)ccc2O1. The summed E-state index contributed by atoms with van der Waals surface area (Å²) in [5, 5.41) is 16.8. The van der Waals surface area contributed by atoms with Gasteiger partial charge in [-0.1, -0.05) is 6.08 Å². The summed E-state index contributed by atoms with van der Waals surface area (Å²) >= 11 is 0. The number of hydrogen-bond donors (Lipinski definition) is 4. The highest BCUT2D eigenvalue weighted by molar-refractivity contribution is 6.08. The topological polar surface area (TPSA) is 153 Å². The number of primary amides is 1. The Kier molecular flexibility index (Phi) is 7.74. The highest BCUT2D eigenvalue weighted by Gasteiger charge is 2.55. The van der Waals surface area contributed by atoms with Gasteiger partial charge in [-0.2, -0.15) is 0 Å². The summed E-state index contributed by atoms with van der Waals surface area (Å²) in [5.41, 5.74) is 5.70. The molecule has 3 unspecified atom stereocenters. The summed E-state index contributed by atoms with van der Waals surface area (Å²) in [7, 11) is 3.96. The lowest BCUT2D eigenvalue weighted by atomic mass is 9.72. The summed E-state index contributed by atoms with van der Waals surface area (Å²) in [6.45, 7) is 6.26. The third-order valence-corrected chi connectivity index (χ3v) is 9.98. The van der Waals surface area contributed by atoms with Crippen molar-refractivity contribution in [3.8, 4) is 11.5 Å². The predicted octanol–water partition coefficient (Wildman–Crippen LogP) is 2.81. The van der Waals surface area contributed by atoms with Crippen LogP contribution >= 0.6 is 0 Å². The molecular formula is C33H37FN5O6+. The van der Waals surface area contributed by atoms with Crippen LogP contribution in [0, 0.1) is 17.7 Å². The van der Waals surface area contributed by atoms with Crippen LogP contribution < -0.4 is 25.8 Å². The number of quaternary nitrogens is 1. The van der Waals surface area contributed by atoms with E-state index < -0.39 is 41.4 Å². The maximum atomic E-state index is 13.4. The van der Waals surface area contributed by atoms with Crippen molar-refractivity contribution in [2.75, 3.05) is 27.2 Å². The number of hydrogen-bond acceptors (Lipinski definition) is 7. The van der Waals surface area contributed by atoms with E-state index in [1.807, 2.05) is 24.3 Å². The first kappa shape index (κ1) is 30.5. The van der Waals surface area contributed by atoms with Crippen molar-refractivity contribution in [1.29, 1.82) is 0 Å². The molecule has 11 nitrogen and oxygen atoms in total. The lowest BCUT2D eigenvalue weighted by Crippen LogP contribution is -2.66. The van der Waals surface area contributed by atoms with Gasteiger partial charge >= 0.3 is 6.03 Å². The summed E-state index contributed by atoms with van der Waals surface area (Å²) in [4.78, 5) is 39.3. The first-order valence-electron chi connectivity index (χ1n) is 14.9. The number of aromatic nitrogens is 1. The van der Waals surface area contributed by atoms with Crippen molar-refractivity contribution in [1.82, 2.24) is 15.6 Å². The minimum atomic E-state index is -1.54. The molecule has 0 aliphatic carbocycles. The predicted molar refractivity (Wildman–Crippen MR) is 162 cm³/mol. The van der Waals surface area contributed by atoms with E-state index in [1.54, 1.807) is 13.3 Å². The number of pyridine rings is 1. The first-order valence-corrected chi connectivity index (χ1v) is 14.9. The van der Waals surface area contributed by atoms with Crippen molar-refractivity contribution < 1.29 is 37.8 Å². The van der Waals surface area contributed by atoms with Gasteiger partial charge in [0, 0.05) is 42.3 Å². The van der Waals surface area contributed by atoms with Crippen LogP contribution in [-0.4, -0.2) is 71.8 Å². The van der Waals surface area contributed by atoms with Crippen LogP contribution in [-0.2, 0) is 15.1 Å². The molecule has 12 heteroatoms. The normalized spacial score (nSPS) is 30.3. The quantitative estimate of drug-likeness (QED) is 0.195. The molecule has 5 aliphatic heterocycles. The minimum Gasteiger partial charge on any atom is -0.497 e. The molecule has 6 heterocycles. The standard InChI is InChI=1S/C21H27N2O2.C12H10FN3O4/c1-4-14-13-23(2)10-8-15(14)11-20(23)21(24)17-7-9-22-19-6-5-16(25-3)12-18(17)19;13-5-1-2-7-6(3-5)12(4-8(20-7)9(14)17)10(18)15-11(19)16-12/h4-7,9,12,14-15,20-21,24H,1,8,10-11,13H2,2-3H3;1-3,8H,4H2,(H2,14,17)(H2,15,16,18,19)/q+1;/t14-,15-,20-,21+,23?;/m0./s1. The number of rotatable bonds is 5. The van der Waals surface area contributed by atoms with Gasteiger partial charge in [-0.3, -0.25) is 19.9 Å². The van der Waals surface area contributed by atoms with Gasteiger partial charge in [-0.15, -0.1) is 6.58 Å². The molecule has 5 aliphatic rings. The average Bonchev–Trinajstić information content (AvgIpc) is 3.32. The number of carbonyl (C=O) groups is 3. The van der Waals surface area contributed by atoms with Gasteiger partial charge in [0.2, 0.25) is 0 Å². The molecule has 4 saturated heterocycles. The number of methoxy groups -OCH3 is 1. The fourth-order valence-corrected chi connectivity index (χ4v) is 7.54. The molecule has 0 saturated carbocycles. The molecule has 5 N–H and O–H groups in total. The minimum absolute atomic E-state index is 0.138. The average molecular weight is 619 g/mol. The van der Waals surface area contributed by atoms with Gasteiger partial charge in [0.15, 0.2) is 11.6 Å². The summed E-state index contributed by atoms with van der Waals surface area (Å²) in [5.74, 6) is 0.150. The molecule has 8 rings (SSSR count). The maximum Gasteiger partial charge on any atom is 0.322 e. The van der Waals surface area contributed by atoms with Crippen LogP contribution in [0.25, 0.3) is 10.9 Å². The number of nitrogens with one attached hydrogen (secondary N) is 2. The molecule has 4 fully saturated rings. The second-order valence-electron chi connectivity index (χ2n) is 12.5. The Morgan fingerprint density at radius 1 is 1.29 bits per heavy atom. The van der Waals surface area contributed by atoms with E-state index in [4.69, 9.17) is 15.2 Å². The zero-order valence-corrected chi connectivity index (χ0v) is 25.2. The number of urea groups is 1. The van der Waals surface area contributed by atoms with Crippen molar-refractivity contribution in [3.63, 3.8) is 0 Å². The Balaban J connectivity index is 0.000000163. The van der Waals surface area contributed by atoms with Gasteiger partial charge in [-0.05, 0) is 53.9 Å². The summed E-state index contributed by atoms with van der Waals surface area (Å²) in [6.07, 6.45) is 4.46. The molecule has 4 amide bonds. The molecule has 0 radical (unpaired) electrons. The highest BCUT2D eigenvalue weighted by Crippen LogP contribution is 2.46. The number of fused-ring (bicyclic) bond motifs is 6. The lowest BCUT2D eigenvalue weighted by molar-refractivity contribution is -0.956. The monoisotopic (exact) mass is 618 g/mol. The van der Waals surface area contributed by atoms with Crippen LogP contribution in [0.15, 0.2) is 61.3 Å². The van der Waals surface area contributed by atoms with E-state index in [2.05, 4.69) is 35.3 Å². The van der Waals surface area contributed by atoms with Crippen LogP contribution in [0.3, 0.4) is 0 Å². The number of aliphatic hydroxyl groups is 1. The molecule has 1 spiro atoms. The Labute approximate surface area is 259 Å². The van der Waals surface area contributed by atoms with E-state index in [1.165, 1.54) is 12.5 Å². The molecule has 1 aromatic heterocycles. The molecule has 2 aromatic carbocycles. The number of aliphatic hydroxyl groups excluding tert-OH is 1. The van der Waals surface area contributed by atoms with Crippen LogP contribution in [0.2, 0.25) is 0 Å². The van der Waals surface area contributed by atoms with E-state index in [-0.39, 0.29) is 23.8 Å². The Morgan fingerprint density at radius 2 is 2.09 bits per heavy atom. The van der Waals surface area contributed by atoms with Gasteiger partial charge in [-0.25, -0.2) is 9.18 Å². The van der Waals surface area contributed by atoms with Crippen molar-refractivity contribution in [3.05, 3.63) is 78.3 Å². The Morgan fingerprint density at radius 3 is 2.76 bits per heavy atom. The van der Waals surface area contributed by atoms with Crippen LogP contribution in [0.4, 0.5) is 9.18 Å². The molecular weight excluding hydrogens is 581 g/mol. The van der Waals surface area contributed by atoms with Crippen molar-refractivity contribution >= 4 is 28.7 Å². The van der Waals surface area contributed by atoms with Crippen molar-refractivity contribution in [2.45, 2.75) is 43.1 Å². The number of benzene rings is 2. The van der Waals surface area contributed by atoms with E-state index >= 15 is 0 Å². The number of nitrogens with two attached hydrogens (primary N) is 1. The Bertz CT molecular complexity index is 1700. The molecule has 2 bridgehead atoms. The number of amides is 4. The molecule has 7 atom stereocenters. The fourth-order valence-electron chi connectivity index (χ4n) is 7.54. The number of halogens is 1. The number of nitrogens with zero attached hydrogens (tertiary/aromatic N) is 2. The number of ether oxygens (including phenoxy) is 2. The van der Waals surface area contributed by atoms with Crippen LogP contribution in [0.5, 0.6) is 11.5 Å². The van der Waals surface area contributed by atoms with Gasteiger partial charge in [0.05, 0.1) is 32.8 Å². The third kappa shape index (κ3) is 5.27. The molecule has 45 heavy (non-hydrogen) atoms. The molecule has 3 aromatic rings. The first-order chi connectivity index (χ1) is 21.5. The number of imide groups is 1. The fraction of sp³-hybridized carbons (Fsp3) is 0.394. The zero-order valence-electron chi connectivity index (χ0n) is 25.2. The number of carbonyl (C=O) groups excluding carboxylic acids is 3. The third-order valence-electron chi connectivity index (χ3n) is 9.98. The smallest absolute Gasteiger partial charge is 0.322 e. The van der Waals surface area contributed by atoms with E-state index in [0.29, 0.717) is 11.8 Å². The maximum absolute atomic E-state index is 13.4. The van der Waals surface area contributed by atoms with Gasteiger partial charge < -0.3 is 30.1 Å². The van der Waals surface area contributed by atoms with E-state index in [9.17, 15) is 23.9 Å². The Hall–Kier alpha value is -4.55. The summed E-state index contributed by atoms with van der Waals surface area (Å²) < 4.78 is 25.1. The zero-order chi connectivity index (χ0) is 32.1. The largest absolute Gasteiger partial charge is 0.497 e. The van der Waals surface area contributed by atoms with Gasteiger partial charge in [0.1, 0.15) is 29.5 Å². The van der Waals surface area contributed by atoms with E-state index in [0.717, 1.165) is 58.3 Å².